The molecule has 0 aliphatic heterocycles. The van der Waals surface area contributed by atoms with Crippen LogP contribution in [0.2, 0.25) is 0 Å². The molecule has 1 aliphatic carbocycles. The summed E-state index contributed by atoms with van der Waals surface area (Å²) in [7, 11) is 0. The fraction of sp³-hybridized carbons (Fsp3) is 0.333. The number of fused-ring (bicyclic) bond motifs is 1. The first-order valence-corrected chi connectivity index (χ1v) is 8.64. The first-order valence-electron chi connectivity index (χ1n) is 8.64. The Morgan fingerprint density at radius 2 is 2.22 bits per heavy atom. The number of hydrogen-bond acceptors (Lipinski definition) is 6. The van der Waals surface area contributed by atoms with E-state index in [0.29, 0.717) is 24.4 Å². The van der Waals surface area contributed by atoms with Crippen molar-refractivity contribution in [3.8, 4) is 11.5 Å². The van der Waals surface area contributed by atoms with E-state index in [4.69, 9.17) is 15.3 Å². The van der Waals surface area contributed by atoms with Crippen molar-refractivity contribution in [2.24, 2.45) is 11.1 Å². The number of carbonyl (C=O) groups excluding carboxylic acids is 2. The van der Waals surface area contributed by atoms with Crippen molar-refractivity contribution in [2.75, 3.05) is 13.2 Å². The van der Waals surface area contributed by atoms with Crippen molar-refractivity contribution < 1.29 is 19.1 Å². The minimum Gasteiger partial charge on any atom is -0.463 e. The van der Waals surface area contributed by atoms with Gasteiger partial charge in [0.2, 0.25) is 0 Å². The summed E-state index contributed by atoms with van der Waals surface area (Å²) >= 11 is 0. The second kappa shape index (κ2) is 6.51. The highest BCUT2D eigenvalue weighted by atomic mass is 16.3. The molecule has 140 valence electrons. The number of carbonyl (C=O) groups is 2. The molecule has 3 aromatic rings. The average Bonchev–Trinajstić information content (AvgIpc) is 3.07. The minimum atomic E-state index is -0.729. The molecule has 9 heteroatoms. The summed E-state index contributed by atoms with van der Waals surface area (Å²) in [5.74, 6) is -0.595. The summed E-state index contributed by atoms with van der Waals surface area (Å²) in [6.07, 6.45) is 5.55. The minimum absolute atomic E-state index is 0.0172. The van der Waals surface area contributed by atoms with Crippen LogP contribution in [0.1, 0.15) is 40.2 Å². The standard InChI is InChI=1S/C18H19N5O4/c19-15(25)14-16-22-11(17(26)20-9-18(3-4-18)5-6-24)8-12(23(16)10-21-14)13-2-1-7-27-13/h1-2,7-8,10,24H,3-6,9H2,(H2,19,25)(H,20,26). The molecule has 1 fully saturated rings. The van der Waals surface area contributed by atoms with Gasteiger partial charge in [-0.25, -0.2) is 9.97 Å². The Kier molecular flexibility index (Phi) is 4.15. The molecule has 1 aliphatic rings. The summed E-state index contributed by atoms with van der Waals surface area (Å²) in [6.45, 7) is 0.567. The lowest BCUT2D eigenvalue weighted by atomic mass is 10.0. The van der Waals surface area contributed by atoms with Gasteiger partial charge in [-0.05, 0) is 42.9 Å². The number of furan rings is 1. The van der Waals surface area contributed by atoms with Gasteiger partial charge in [0, 0.05) is 13.2 Å². The number of primary amides is 1. The number of nitrogens with zero attached hydrogens (tertiary/aromatic N) is 3. The molecule has 0 spiro atoms. The number of aliphatic hydroxyl groups excluding tert-OH is 1. The molecule has 3 aromatic heterocycles. The van der Waals surface area contributed by atoms with Crippen LogP contribution in [0.5, 0.6) is 0 Å². The SMILES string of the molecule is NC(=O)c1ncn2c(-c3ccco3)cc(C(=O)NCC3(CCO)CC3)nc12. The molecule has 3 heterocycles. The quantitative estimate of drug-likeness (QED) is 0.568. The van der Waals surface area contributed by atoms with Crippen LogP contribution >= 0.6 is 0 Å². The average molecular weight is 369 g/mol. The van der Waals surface area contributed by atoms with E-state index in [1.54, 1.807) is 22.6 Å². The van der Waals surface area contributed by atoms with Crippen molar-refractivity contribution in [2.45, 2.75) is 19.3 Å². The molecule has 0 unspecified atom stereocenters. The summed E-state index contributed by atoms with van der Waals surface area (Å²) in [5.41, 5.74) is 6.20. The molecule has 27 heavy (non-hydrogen) atoms. The maximum absolute atomic E-state index is 12.7. The van der Waals surface area contributed by atoms with Crippen LogP contribution in [0.3, 0.4) is 0 Å². The first-order chi connectivity index (χ1) is 13.0. The Hall–Kier alpha value is -3.20. The van der Waals surface area contributed by atoms with Crippen LogP contribution in [-0.4, -0.2) is 44.4 Å². The lowest BCUT2D eigenvalue weighted by Crippen LogP contribution is -2.31. The monoisotopic (exact) mass is 369 g/mol. The van der Waals surface area contributed by atoms with Gasteiger partial charge in [-0.2, -0.15) is 0 Å². The largest absolute Gasteiger partial charge is 0.463 e. The third kappa shape index (κ3) is 3.17. The molecule has 0 bridgehead atoms. The van der Waals surface area contributed by atoms with E-state index in [-0.39, 0.29) is 35.0 Å². The predicted octanol–water partition coefficient (Wildman–Crippen LogP) is 0.981. The number of hydrogen-bond donors (Lipinski definition) is 3. The highest BCUT2D eigenvalue weighted by Crippen LogP contribution is 2.47. The van der Waals surface area contributed by atoms with E-state index < -0.39 is 5.91 Å². The molecular weight excluding hydrogens is 350 g/mol. The van der Waals surface area contributed by atoms with Gasteiger partial charge in [0.05, 0.1) is 12.0 Å². The van der Waals surface area contributed by atoms with Gasteiger partial charge in [-0.1, -0.05) is 0 Å². The van der Waals surface area contributed by atoms with Gasteiger partial charge in [0.1, 0.15) is 12.0 Å². The smallest absolute Gasteiger partial charge is 0.271 e. The highest BCUT2D eigenvalue weighted by molar-refractivity contribution is 5.99. The summed E-state index contributed by atoms with van der Waals surface area (Å²) < 4.78 is 7.00. The van der Waals surface area contributed by atoms with Gasteiger partial charge in [-0.3, -0.25) is 14.0 Å². The van der Waals surface area contributed by atoms with Crippen molar-refractivity contribution in [1.29, 1.82) is 0 Å². The van der Waals surface area contributed by atoms with Gasteiger partial charge in [0.25, 0.3) is 11.8 Å². The van der Waals surface area contributed by atoms with E-state index in [2.05, 4.69) is 15.3 Å². The maximum atomic E-state index is 12.7. The Labute approximate surface area is 154 Å². The zero-order chi connectivity index (χ0) is 19.0. The number of nitrogens with two attached hydrogens (primary N) is 1. The molecule has 0 atom stereocenters. The number of rotatable bonds is 7. The van der Waals surface area contributed by atoms with E-state index >= 15 is 0 Å². The third-order valence-electron chi connectivity index (χ3n) is 4.96. The Morgan fingerprint density at radius 1 is 1.41 bits per heavy atom. The van der Waals surface area contributed by atoms with Crippen molar-refractivity contribution >= 4 is 17.5 Å². The van der Waals surface area contributed by atoms with E-state index in [1.807, 2.05) is 0 Å². The number of aliphatic hydroxyl groups is 1. The van der Waals surface area contributed by atoms with Crippen LogP contribution in [0.4, 0.5) is 0 Å². The van der Waals surface area contributed by atoms with E-state index in [0.717, 1.165) is 12.8 Å². The molecule has 4 rings (SSSR count). The zero-order valence-corrected chi connectivity index (χ0v) is 14.5. The van der Waals surface area contributed by atoms with Crippen LogP contribution < -0.4 is 11.1 Å². The molecule has 0 aromatic carbocycles. The summed E-state index contributed by atoms with van der Waals surface area (Å²) in [5, 5.41) is 12.0. The summed E-state index contributed by atoms with van der Waals surface area (Å²) in [4.78, 5) is 32.6. The molecule has 0 radical (unpaired) electrons. The molecule has 4 N–H and O–H groups in total. The predicted molar refractivity (Wildman–Crippen MR) is 94.9 cm³/mol. The van der Waals surface area contributed by atoms with Gasteiger partial charge in [0.15, 0.2) is 17.1 Å². The van der Waals surface area contributed by atoms with Crippen molar-refractivity contribution in [3.05, 3.63) is 42.2 Å². The second-order valence-corrected chi connectivity index (χ2v) is 6.81. The molecular formula is C18H19N5O4. The Balaban J connectivity index is 1.71. The fourth-order valence-electron chi connectivity index (χ4n) is 3.16. The Morgan fingerprint density at radius 3 is 2.85 bits per heavy atom. The second-order valence-electron chi connectivity index (χ2n) is 6.81. The zero-order valence-electron chi connectivity index (χ0n) is 14.5. The third-order valence-corrected chi connectivity index (χ3v) is 4.96. The topological polar surface area (TPSA) is 136 Å². The van der Waals surface area contributed by atoms with Crippen LogP contribution in [0, 0.1) is 5.41 Å². The first kappa shape index (κ1) is 17.2. The molecule has 2 amide bonds. The summed E-state index contributed by atoms with van der Waals surface area (Å²) in [6, 6.07) is 5.04. The van der Waals surface area contributed by atoms with Crippen LogP contribution in [0.15, 0.2) is 35.2 Å². The number of imidazole rings is 1. The molecule has 1 saturated carbocycles. The maximum Gasteiger partial charge on any atom is 0.271 e. The van der Waals surface area contributed by atoms with Crippen LogP contribution in [-0.2, 0) is 0 Å². The van der Waals surface area contributed by atoms with E-state index in [1.165, 1.54) is 12.6 Å². The van der Waals surface area contributed by atoms with Gasteiger partial charge < -0.3 is 20.6 Å². The van der Waals surface area contributed by atoms with Crippen LogP contribution in [0.25, 0.3) is 17.1 Å². The number of nitrogens with one attached hydrogen (secondary N) is 1. The van der Waals surface area contributed by atoms with Crippen molar-refractivity contribution in [3.63, 3.8) is 0 Å². The number of aromatic nitrogens is 3. The fourth-order valence-corrected chi connectivity index (χ4v) is 3.16. The highest BCUT2D eigenvalue weighted by Gasteiger charge is 2.42. The molecule has 0 saturated heterocycles. The Bertz CT molecular complexity index is 1000. The normalized spacial score (nSPS) is 15.0. The van der Waals surface area contributed by atoms with Gasteiger partial charge >= 0.3 is 0 Å². The lowest BCUT2D eigenvalue weighted by Gasteiger charge is -2.14. The molecule has 9 nitrogen and oxygen atoms in total. The number of amides is 2. The van der Waals surface area contributed by atoms with E-state index in [9.17, 15) is 9.59 Å². The van der Waals surface area contributed by atoms with Gasteiger partial charge in [-0.15, -0.1) is 0 Å². The lowest BCUT2D eigenvalue weighted by molar-refractivity contribution is 0.0934. The van der Waals surface area contributed by atoms with Crippen molar-refractivity contribution in [1.82, 2.24) is 19.7 Å².